The number of carbonyl (C=O) groups is 1. The molecule has 166 valence electrons. The average molecular weight is 426 g/mol. The number of alkyl halides is 3. The number of hydrogen-bond donors (Lipinski definition) is 2. The van der Waals surface area contributed by atoms with E-state index in [2.05, 4.69) is 15.6 Å². The molecule has 1 aromatic rings. The number of carbonyl (C=O) groups excluding carboxylic acids is 1. The molecule has 0 unspecified atom stereocenters. The first-order valence-electron chi connectivity index (χ1n) is 10.3. The normalized spacial score (nSPS) is 19.4. The van der Waals surface area contributed by atoms with Crippen molar-refractivity contribution < 1.29 is 22.7 Å². The van der Waals surface area contributed by atoms with Crippen LogP contribution in [0.4, 0.5) is 18.0 Å². The standard InChI is InChI=1S/C21H29F3N4O2/c1-3-30-19(29)28-11-7-17(8-12-28)27-18(25-2)26-14-20(9-10-20)15-5-4-6-16(13-15)21(22,23)24/h4-6,13,17H,3,7-12,14H2,1-2H3,(H2,25,26,27). The van der Waals surface area contributed by atoms with Crippen LogP contribution >= 0.6 is 0 Å². The highest BCUT2D eigenvalue weighted by molar-refractivity contribution is 5.80. The second kappa shape index (κ2) is 9.14. The summed E-state index contributed by atoms with van der Waals surface area (Å²) in [5, 5.41) is 6.65. The lowest BCUT2D eigenvalue weighted by atomic mass is 9.94. The maximum Gasteiger partial charge on any atom is 0.416 e. The van der Waals surface area contributed by atoms with Gasteiger partial charge < -0.3 is 20.3 Å². The van der Waals surface area contributed by atoms with E-state index in [4.69, 9.17) is 4.74 Å². The molecular weight excluding hydrogens is 397 g/mol. The third-order valence-corrected chi connectivity index (χ3v) is 5.84. The van der Waals surface area contributed by atoms with Gasteiger partial charge in [0, 0.05) is 38.1 Å². The van der Waals surface area contributed by atoms with Crippen LogP contribution in [0.5, 0.6) is 0 Å². The number of piperidine rings is 1. The van der Waals surface area contributed by atoms with E-state index in [0.717, 1.165) is 31.7 Å². The maximum atomic E-state index is 13.0. The van der Waals surface area contributed by atoms with Crippen LogP contribution in [-0.2, 0) is 16.3 Å². The van der Waals surface area contributed by atoms with Gasteiger partial charge in [-0.05, 0) is 44.2 Å². The number of nitrogens with zero attached hydrogens (tertiary/aromatic N) is 2. The first-order valence-corrected chi connectivity index (χ1v) is 10.3. The molecule has 30 heavy (non-hydrogen) atoms. The maximum absolute atomic E-state index is 13.0. The number of halogens is 3. The van der Waals surface area contributed by atoms with E-state index in [9.17, 15) is 18.0 Å². The SMILES string of the molecule is CCOC(=O)N1CCC(NC(=NC)NCC2(c3cccc(C(F)(F)F)c3)CC2)CC1. The van der Waals surface area contributed by atoms with Crippen molar-refractivity contribution in [2.24, 2.45) is 4.99 Å². The molecular formula is C21H29F3N4O2. The molecule has 1 saturated heterocycles. The van der Waals surface area contributed by atoms with Crippen LogP contribution in [0.2, 0.25) is 0 Å². The second-order valence-corrected chi connectivity index (χ2v) is 7.89. The van der Waals surface area contributed by atoms with Crippen molar-refractivity contribution in [1.82, 2.24) is 15.5 Å². The predicted octanol–water partition coefficient (Wildman–Crippen LogP) is 3.52. The fraction of sp³-hybridized carbons (Fsp3) is 0.619. The molecule has 2 aliphatic rings. The smallest absolute Gasteiger partial charge is 0.416 e. The molecule has 1 aliphatic heterocycles. The van der Waals surface area contributed by atoms with Gasteiger partial charge in [0.05, 0.1) is 12.2 Å². The number of guanidine groups is 1. The molecule has 1 aliphatic carbocycles. The Kier molecular flexibility index (Phi) is 6.77. The van der Waals surface area contributed by atoms with E-state index < -0.39 is 11.7 Å². The second-order valence-electron chi connectivity index (χ2n) is 7.89. The Morgan fingerprint density at radius 2 is 2.00 bits per heavy atom. The van der Waals surface area contributed by atoms with Gasteiger partial charge in [0.15, 0.2) is 5.96 Å². The Bertz CT molecular complexity index is 770. The van der Waals surface area contributed by atoms with Crippen molar-refractivity contribution in [3.05, 3.63) is 35.4 Å². The quantitative estimate of drug-likeness (QED) is 0.559. The lowest BCUT2D eigenvalue weighted by molar-refractivity contribution is -0.137. The zero-order valence-corrected chi connectivity index (χ0v) is 17.4. The number of nitrogens with one attached hydrogen (secondary N) is 2. The van der Waals surface area contributed by atoms with E-state index in [1.807, 2.05) is 0 Å². The van der Waals surface area contributed by atoms with E-state index in [-0.39, 0.29) is 17.6 Å². The molecule has 0 atom stereocenters. The summed E-state index contributed by atoms with van der Waals surface area (Å²) in [7, 11) is 1.67. The summed E-state index contributed by atoms with van der Waals surface area (Å²) in [6.45, 7) is 3.90. The number of hydrogen-bond acceptors (Lipinski definition) is 3. The summed E-state index contributed by atoms with van der Waals surface area (Å²) < 4.78 is 44.2. The van der Waals surface area contributed by atoms with Gasteiger partial charge >= 0.3 is 12.3 Å². The van der Waals surface area contributed by atoms with E-state index in [0.29, 0.717) is 37.8 Å². The Balaban J connectivity index is 1.52. The molecule has 6 nitrogen and oxygen atoms in total. The monoisotopic (exact) mass is 426 g/mol. The van der Waals surface area contributed by atoms with Gasteiger partial charge in [-0.2, -0.15) is 13.2 Å². The lowest BCUT2D eigenvalue weighted by Crippen LogP contribution is -2.50. The van der Waals surface area contributed by atoms with Gasteiger partial charge in [-0.1, -0.05) is 18.2 Å². The summed E-state index contributed by atoms with van der Waals surface area (Å²) in [4.78, 5) is 17.8. The summed E-state index contributed by atoms with van der Waals surface area (Å²) in [5.41, 5.74) is -0.184. The summed E-state index contributed by atoms with van der Waals surface area (Å²) >= 11 is 0. The van der Waals surface area contributed by atoms with Crippen LogP contribution in [0.25, 0.3) is 0 Å². The number of amides is 1. The topological polar surface area (TPSA) is 66.0 Å². The molecule has 1 aromatic carbocycles. The van der Waals surface area contributed by atoms with Crippen LogP contribution < -0.4 is 10.6 Å². The minimum Gasteiger partial charge on any atom is -0.450 e. The van der Waals surface area contributed by atoms with Gasteiger partial charge in [-0.15, -0.1) is 0 Å². The van der Waals surface area contributed by atoms with Gasteiger partial charge in [0.25, 0.3) is 0 Å². The highest BCUT2D eigenvalue weighted by Crippen LogP contribution is 2.48. The molecule has 2 fully saturated rings. The third-order valence-electron chi connectivity index (χ3n) is 5.84. The Labute approximate surface area is 174 Å². The largest absolute Gasteiger partial charge is 0.450 e. The molecule has 9 heteroatoms. The van der Waals surface area contributed by atoms with Crippen molar-refractivity contribution in [3.8, 4) is 0 Å². The molecule has 1 amide bonds. The Morgan fingerprint density at radius 1 is 1.30 bits per heavy atom. The molecule has 3 rings (SSSR count). The molecule has 0 radical (unpaired) electrons. The van der Waals surface area contributed by atoms with E-state index in [1.54, 1.807) is 24.9 Å². The fourth-order valence-corrected chi connectivity index (χ4v) is 3.81. The highest BCUT2D eigenvalue weighted by Gasteiger charge is 2.45. The first kappa shape index (κ1) is 22.2. The molecule has 0 bridgehead atoms. The Hall–Kier alpha value is -2.45. The number of benzene rings is 1. The van der Waals surface area contributed by atoms with Crippen molar-refractivity contribution in [2.45, 2.75) is 50.2 Å². The summed E-state index contributed by atoms with van der Waals surface area (Å²) in [5.74, 6) is 0.628. The minimum absolute atomic E-state index is 0.172. The fourth-order valence-electron chi connectivity index (χ4n) is 3.81. The van der Waals surface area contributed by atoms with E-state index in [1.165, 1.54) is 12.1 Å². The van der Waals surface area contributed by atoms with Gasteiger partial charge in [0.1, 0.15) is 0 Å². The minimum atomic E-state index is -4.34. The molecule has 0 spiro atoms. The molecule has 2 N–H and O–H groups in total. The van der Waals surface area contributed by atoms with Crippen LogP contribution in [0.1, 0.15) is 43.7 Å². The van der Waals surface area contributed by atoms with Crippen LogP contribution in [0, 0.1) is 0 Å². The lowest BCUT2D eigenvalue weighted by Gasteiger charge is -2.32. The van der Waals surface area contributed by atoms with Crippen LogP contribution in [-0.4, -0.2) is 56.3 Å². The number of aliphatic imine (C=N–C) groups is 1. The number of ether oxygens (including phenoxy) is 1. The van der Waals surface area contributed by atoms with Crippen molar-refractivity contribution >= 4 is 12.1 Å². The summed E-state index contributed by atoms with van der Waals surface area (Å²) in [6, 6.07) is 5.78. The van der Waals surface area contributed by atoms with Crippen molar-refractivity contribution in [2.75, 3.05) is 33.3 Å². The molecule has 0 aromatic heterocycles. The van der Waals surface area contributed by atoms with Crippen molar-refractivity contribution in [1.29, 1.82) is 0 Å². The van der Waals surface area contributed by atoms with Gasteiger partial charge in [-0.25, -0.2) is 4.79 Å². The highest BCUT2D eigenvalue weighted by atomic mass is 19.4. The predicted molar refractivity (Wildman–Crippen MR) is 108 cm³/mol. The van der Waals surface area contributed by atoms with Crippen molar-refractivity contribution in [3.63, 3.8) is 0 Å². The molecule has 1 saturated carbocycles. The van der Waals surface area contributed by atoms with Crippen LogP contribution in [0.3, 0.4) is 0 Å². The average Bonchev–Trinajstić information content (AvgIpc) is 3.52. The molecule has 1 heterocycles. The number of rotatable bonds is 5. The van der Waals surface area contributed by atoms with E-state index >= 15 is 0 Å². The number of likely N-dealkylation sites (tertiary alicyclic amines) is 1. The first-order chi connectivity index (χ1) is 14.3. The zero-order chi connectivity index (χ0) is 21.8. The van der Waals surface area contributed by atoms with Gasteiger partial charge in [-0.3, -0.25) is 4.99 Å². The van der Waals surface area contributed by atoms with Crippen LogP contribution in [0.15, 0.2) is 29.3 Å². The third kappa shape index (κ3) is 5.37. The zero-order valence-electron chi connectivity index (χ0n) is 17.4. The summed E-state index contributed by atoms with van der Waals surface area (Å²) in [6.07, 6.45) is -1.38. The van der Waals surface area contributed by atoms with Gasteiger partial charge in [0.2, 0.25) is 0 Å². The Morgan fingerprint density at radius 3 is 2.57 bits per heavy atom.